The number of aromatic nitrogens is 3. The van der Waals surface area contributed by atoms with Crippen LogP contribution in [0.15, 0.2) is 53.2 Å². The summed E-state index contributed by atoms with van der Waals surface area (Å²) in [5, 5.41) is 11.1. The molecule has 0 bridgehead atoms. The predicted molar refractivity (Wildman–Crippen MR) is 89.6 cm³/mol. The van der Waals surface area contributed by atoms with Crippen molar-refractivity contribution in [3.05, 3.63) is 54.4 Å². The van der Waals surface area contributed by atoms with Crippen molar-refractivity contribution in [1.82, 2.24) is 14.9 Å². The van der Waals surface area contributed by atoms with E-state index in [4.69, 9.17) is 4.52 Å². The SMILES string of the molecule is O=C(Nc1ccnn1C1CCCC1)c1cc(-c2ccccc2)on1. The zero-order valence-corrected chi connectivity index (χ0v) is 13.2. The summed E-state index contributed by atoms with van der Waals surface area (Å²) in [7, 11) is 0. The van der Waals surface area contributed by atoms with Crippen LogP contribution in [0.4, 0.5) is 5.82 Å². The van der Waals surface area contributed by atoms with Gasteiger partial charge in [-0.05, 0) is 12.8 Å². The van der Waals surface area contributed by atoms with Crippen molar-refractivity contribution in [2.24, 2.45) is 0 Å². The Morgan fingerprint density at radius 1 is 1.17 bits per heavy atom. The molecule has 6 heteroatoms. The summed E-state index contributed by atoms with van der Waals surface area (Å²) in [5.41, 5.74) is 1.15. The molecule has 1 aliphatic rings. The molecule has 24 heavy (non-hydrogen) atoms. The molecule has 2 aromatic heterocycles. The molecule has 1 N–H and O–H groups in total. The van der Waals surface area contributed by atoms with Gasteiger partial charge in [-0.1, -0.05) is 48.3 Å². The average molecular weight is 322 g/mol. The molecule has 4 rings (SSSR count). The molecular weight excluding hydrogens is 304 g/mol. The second-order valence-electron chi connectivity index (χ2n) is 6.00. The first kappa shape index (κ1) is 14.7. The van der Waals surface area contributed by atoms with Crippen LogP contribution in [0.3, 0.4) is 0 Å². The van der Waals surface area contributed by atoms with Gasteiger partial charge in [0.15, 0.2) is 11.5 Å². The Morgan fingerprint density at radius 2 is 1.96 bits per heavy atom. The van der Waals surface area contributed by atoms with Gasteiger partial charge in [0.05, 0.1) is 12.2 Å². The van der Waals surface area contributed by atoms with E-state index in [2.05, 4.69) is 15.6 Å². The lowest BCUT2D eigenvalue weighted by Crippen LogP contribution is -2.17. The second kappa shape index (κ2) is 6.31. The van der Waals surface area contributed by atoms with Crippen LogP contribution in [0, 0.1) is 0 Å². The van der Waals surface area contributed by atoms with Gasteiger partial charge in [0.25, 0.3) is 5.91 Å². The molecule has 0 atom stereocenters. The van der Waals surface area contributed by atoms with Crippen molar-refractivity contribution in [2.75, 3.05) is 5.32 Å². The third kappa shape index (κ3) is 2.82. The minimum Gasteiger partial charge on any atom is -0.355 e. The highest BCUT2D eigenvalue weighted by atomic mass is 16.5. The topological polar surface area (TPSA) is 73.0 Å². The zero-order chi connectivity index (χ0) is 16.4. The first-order valence-corrected chi connectivity index (χ1v) is 8.18. The average Bonchev–Trinajstić information content (AvgIpc) is 3.36. The number of carbonyl (C=O) groups is 1. The van der Waals surface area contributed by atoms with Crippen LogP contribution in [-0.2, 0) is 0 Å². The van der Waals surface area contributed by atoms with Crippen LogP contribution in [-0.4, -0.2) is 20.8 Å². The van der Waals surface area contributed by atoms with Gasteiger partial charge in [0.1, 0.15) is 5.82 Å². The third-order valence-electron chi connectivity index (χ3n) is 4.38. The number of carbonyl (C=O) groups excluding carboxylic acids is 1. The van der Waals surface area contributed by atoms with E-state index in [0.29, 0.717) is 17.6 Å². The number of rotatable bonds is 4. The molecule has 6 nitrogen and oxygen atoms in total. The van der Waals surface area contributed by atoms with Crippen LogP contribution in [0.25, 0.3) is 11.3 Å². The van der Waals surface area contributed by atoms with E-state index in [-0.39, 0.29) is 11.6 Å². The monoisotopic (exact) mass is 322 g/mol. The van der Waals surface area contributed by atoms with E-state index in [1.807, 2.05) is 41.1 Å². The van der Waals surface area contributed by atoms with Crippen molar-refractivity contribution in [1.29, 1.82) is 0 Å². The molecule has 0 unspecified atom stereocenters. The minimum atomic E-state index is -0.291. The molecule has 1 amide bonds. The van der Waals surface area contributed by atoms with Crippen molar-refractivity contribution in [3.63, 3.8) is 0 Å². The van der Waals surface area contributed by atoms with Crippen LogP contribution in [0.5, 0.6) is 0 Å². The van der Waals surface area contributed by atoms with Crippen molar-refractivity contribution in [3.8, 4) is 11.3 Å². The summed E-state index contributed by atoms with van der Waals surface area (Å²) < 4.78 is 7.19. The number of nitrogens with zero attached hydrogens (tertiary/aromatic N) is 3. The van der Waals surface area contributed by atoms with E-state index in [9.17, 15) is 4.79 Å². The van der Waals surface area contributed by atoms with Gasteiger partial charge < -0.3 is 9.84 Å². The smallest absolute Gasteiger partial charge is 0.279 e. The van der Waals surface area contributed by atoms with E-state index in [1.165, 1.54) is 12.8 Å². The van der Waals surface area contributed by atoms with Gasteiger partial charge in [-0.3, -0.25) is 4.79 Å². The number of hydrogen-bond acceptors (Lipinski definition) is 4. The quantitative estimate of drug-likeness (QED) is 0.790. The van der Waals surface area contributed by atoms with Gasteiger partial charge in [-0.25, -0.2) is 4.68 Å². The van der Waals surface area contributed by atoms with Crippen LogP contribution >= 0.6 is 0 Å². The Kier molecular flexibility index (Phi) is 3.86. The van der Waals surface area contributed by atoms with Crippen molar-refractivity contribution < 1.29 is 9.32 Å². The number of hydrogen-bond donors (Lipinski definition) is 1. The fourth-order valence-corrected chi connectivity index (χ4v) is 3.15. The maximum absolute atomic E-state index is 12.4. The molecule has 1 saturated carbocycles. The molecule has 0 radical (unpaired) electrons. The molecule has 1 fully saturated rings. The number of amides is 1. The Bertz CT molecular complexity index is 832. The normalized spacial score (nSPS) is 14.8. The molecule has 0 spiro atoms. The summed E-state index contributed by atoms with van der Waals surface area (Å²) in [6.45, 7) is 0. The minimum absolute atomic E-state index is 0.257. The maximum Gasteiger partial charge on any atom is 0.279 e. The third-order valence-corrected chi connectivity index (χ3v) is 4.38. The first-order chi connectivity index (χ1) is 11.8. The number of benzene rings is 1. The Morgan fingerprint density at radius 3 is 2.75 bits per heavy atom. The molecule has 3 aromatic rings. The number of nitrogens with one attached hydrogen (secondary N) is 1. The van der Waals surface area contributed by atoms with Gasteiger partial charge in [0.2, 0.25) is 0 Å². The molecule has 1 aromatic carbocycles. The standard InChI is InChI=1S/C18H18N4O2/c23-18(15-12-16(24-21-15)13-6-2-1-3-7-13)20-17-10-11-19-22(17)14-8-4-5-9-14/h1-3,6-7,10-12,14H,4-5,8-9H2,(H,20,23). The van der Waals surface area contributed by atoms with Crippen molar-refractivity contribution >= 4 is 11.7 Å². The van der Waals surface area contributed by atoms with Crippen LogP contribution < -0.4 is 5.32 Å². The largest absolute Gasteiger partial charge is 0.355 e. The van der Waals surface area contributed by atoms with Crippen LogP contribution in [0.1, 0.15) is 42.2 Å². The first-order valence-electron chi connectivity index (χ1n) is 8.18. The van der Waals surface area contributed by atoms with E-state index in [1.54, 1.807) is 12.3 Å². The molecule has 0 aliphatic heterocycles. The maximum atomic E-state index is 12.4. The Hall–Kier alpha value is -2.89. The predicted octanol–water partition coefficient (Wildman–Crippen LogP) is 3.91. The lowest BCUT2D eigenvalue weighted by molar-refractivity contribution is 0.101. The molecule has 0 saturated heterocycles. The lowest BCUT2D eigenvalue weighted by atomic mass is 10.1. The Balaban J connectivity index is 1.51. The lowest BCUT2D eigenvalue weighted by Gasteiger charge is -2.14. The van der Waals surface area contributed by atoms with Gasteiger partial charge in [0, 0.05) is 17.7 Å². The highest BCUT2D eigenvalue weighted by molar-refractivity contribution is 6.02. The van der Waals surface area contributed by atoms with Crippen molar-refractivity contribution in [2.45, 2.75) is 31.7 Å². The zero-order valence-electron chi connectivity index (χ0n) is 13.2. The van der Waals surface area contributed by atoms with Gasteiger partial charge in [-0.15, -0.1) is 0 Å². The van der Waals surface area contributed by atoms with Crippen LogP contribution in [0.2, 0.25) is 0 Å². The number of anilines is 1. The van der Waals surface area contributed by atoms with E-state index in [0.717, 1.165) is 18.4 Å². The molecule has 2 heterocycles. The highest BCUT2D eigenvalue weighted by Gasteiger charge is 2.21. The summed E-state index contributed by atoms with van der Waals surface area (Å²) in [4.78, 5) is 12.4. The summed E-state index contributed by atoms with van der Waals surface area (Å²) in [6, 6.07) is 13.4. The van der Waals surface area contributed by atoms with Gasteiger partial charge >= 0.3 is 0 Å². The fourth-order valence-electron chi connectivity index (χ4n) is 3.15. The highest BCUT2D eigenvalue weighted by Crippen LogP contribution is 2.31. The summed E-state index contributed by atoms with van der Waals surface area (Å²) in [6.07, 6.45) is 6.34. The molecular formula is C18H18N4O2. The second-order valence-corrected chi connectivity index (χ2v) is 6.00. The summed E-state index contributed by atoms with van der Waals surface area (Å²) >= 11 is 0. The Labute approximate surface area is 139 Å². The summed E-state index contributed by atoms with van der Waals surface area (Å²) in [5.74, 6) is 0.988. The van der Waals surface area contributed by atoms with E-state index < -0.39 is 0 Å². The molecule has 122 valence electrons. The fraction of sp³-hybridized carbons (Fsp3) is 0.278. The van der Waals surface area contributed by atoms with Gasteiger partial charge in [-0.2, -0.15) is 5.10 Å². The van der Waals surface area contributed by atoms with E-state index >= 15 is 0 Å². The molecule has 1 aliphatic carbocycles.